The van der Waals surface area contributed by atoms with E-state index in [4.69, 9.17) is 9.47 Å². The van der Waals surface area contributed by atoms with Crippen LogP contribution < -0.4 is 14.8 Å². The lowest BCUT2D eigenvalue weighted by Crippen LogP contribution is -2.13. The first-order valence-electron chi connectivity index (χ1n) is 5.91. The molecule has 2 aromatic rings. The molecule has 0 bridgehead atoms. The fraction of sp³-hybridized carbons (Fsp3) is 0.308. The number of hydrogen-bond donors (Lipinski definition) is 2. The molecular weight excluding hydrogens is 230 g/mol. The van der Waals surface area contributed by atoms with Gasteiger partial charge in [0.15, 0.2) is 11.5 Å². The Kier molecular flexibility index (Phi) is 2.90. The van der Waals surface area contributed by atoms with Gasteiger partial charge in [0, 0.05) is 30.5 Å². The van der Waals surface area contributed by atoms with Crippen molar-refractivity contribution in [3.8, 4) is 11.5 Å². The Bertz CT molecular complexity index is 551. The summed E-state index contributed by atoms with van der Waals surface area (Å²) in [6, 6.07) is 5.94. The van der Waals surface area contributed by atoms with Crippen LogP contribution in [0.5, 0.6) is 11.5 Å². The fourth-order valence-electron chi connectivity index (χ4n) is 2.02. The maximum absolute atomic E-state index is 5.45. The summed E-state index contributed by atoms with van der Waals surface area (Å²) in [6.45, 7) is 3.75. The quantitative estimate of drug-likeness (QED) is 0.861. The van der Waals surface area contributed by atoms with Crippen molar-refractivity contribution >= 4 is 0 Å². The zero-order valence-electron chi connectivity index (χ0n) is 10.2. The first kappa shape index (κ1) is 11.1. The van der Waals surface area contributed by atoms with Gasteiger partial charge in [-0.3, -0.25) is 0 Å². The van der Waals surface area contributed by atoms with Gasteiger partial charge >= 0.3 is 0 Å². The molecule has 5 heteroatoms. The molecule has 0 radical (unpaired) electrons. The largest absolute Gasteiger partial charge is 0.454 e. The number of ether oxygens (including phenoxy) is 2. The third kappa shape index (κ3) is 2.17. The highest BCUT2D eigenvalue weighted by molar-refractivity contribution is 5.48. The number of aromatic nitrogens is 2. The van der Waals surface area contributed by atoms with Gasteiger partial charge in [0.05, 0.1) is 0 Å². The summed E-state index contributed by atoms with van der Waals surface area (Å²) in [7, 11) is 0. The lowest BCUT2D eigenvalue weighted by molar-refractivity contribution is 0.173. The van der Waals surface area contributed by atoms with Crippen molar-refractivity contribution in [2.24, 2.45) is 0 Å². The average Bonchev–Trinajstić information content (AvgIpc) is 2.98. The molecule has 2 heterocycles. The van der Waals surface area contributed by atoms with Gasteiger partial charge in [0.25, 0.3) is 0 Å². The summed E-state index contributed by atoms with van der Waals surface area (Å²) in [6.07, 6.45) is 1.84. The normalized spacial score (nSPS) is 12.9. The van der Waals surface area contributed by atoms with Gasteiger partial charge in [0.1, 0.15) is 5.82 Å². The van der Waals surface area contributed by atoms with E-state index in [1.807, 2.05) is 31.3 Å². The Morgan fingerprint density at radius 1 is 1.33 bits per heavy atom. The first-order chi connectivity index (χ1) is 8.83. The molecule has 0 aliphatic carbocycles. The number of benzene rings is 1. The van der Waals surface area contributed by atoms with E-state index >= 15 is 0 Å². The Hall–Kier alpha value is -2.01. The Morgan fingerprint density at radius 2 is 2.28 bits per heavy atom. The van der Waals surface area contributed by atoms with Crippen LogP contribution in [0.15, 0.2) is 24.4 Å². The van der Waals surface area contributed by atoms with E-state index in [2.05, 4.69) is 15.3 Å². The van der Waals surface area contributed by atoms with Crippen molar-refractivity contribution < 1.29 is 9.47 Å². The first-order valence-corrected chi connectivity index (χ1v) is 5.91. The van der Waals surface area contributed by atoms with E-state index in [0.717, 1.165) is 41.7 Å². The molecule has 1 aliphatic heterocycles. The molecule has 18 heavy (non-hydrogen) atoms. The van der Waals surface area contributed by atoms with Crippen LogP contribution in [0.2, 0.25) is 0 Å². The fourth-order valence-corrected chi connectivity index (χ4v) is 2.02. The van der Waals surface area contributed by atoms with Crippen molar-refractivity contribution in [2.45, 2.75) is 20.0 Å². The van der Waals surface area contributed by atoms with Crippen LogP contribution in [0, 0.1) is 6.92 Å². The SMILES string of the molecule is Cc1ncc(CNCc2cccc3c2OCO3)[nH]1. The van der Waals surface area contributed by atoms with Gasteiger partial charge < -0.3 is 19.8 Å². The molecular formula is C13H15N3O2. The van der Waals surface area contributed by atoms with E-state index in [-0.39, 0.29) is 0 Å². The van der Waals surface area contributed by atoms with Crippen LogP contribution in [0.1, 0.15) is 17.1 Å². The van der Waals surface area contributed by atoms with Crippen LogP contribution in [0.25, 0.3) is 0 Å². The van der Waals surface area contributed by atoms with Gasteiger partial charge in [-0.1, -0.05) is 12.1 Å². The maximum atomic E-state index is 5.45. The van der Waals surface area contributed by atoms with Crippen molar-refractivity contribution in [1.82, 2.24) is 15.3 Å². The van der Waals surface area contributed by atoms with Gasteiger partial charge in [-0.25, -0.2) is 4.98 Å². The minimum absolute atomic E-state index is 0.312. The molecule has 1 aromatic carbocycles. The minimum Gasteiger partial charge on any atom is -0.454 e. The Labute approximate surface area is 105 Å². The van der Waals surface area contributed by atoms with E-state index in [1.54, 1.807) is 0 Å². The molecule has 0 fully saturated rings. The molecule has 2 N–H and O–H groups in total. The Balaban J connectivity index is 1.62. The third-order valence-electron chi connectivity index (χ3n) is 2.86. The highest BCUT2D eigenvalue weighted by atomic mass is 16.7. The molecule has 0 amide bonds. The van der Waals surface area contributed by atoms with Gasteiger partial charge in [0.2, 0.25) is 6.79 Å². The van der Waals surface area contributed by atoms with Gasteiger partial charge in [-0.15, -0.1) is 0 Å². The van der Waals surface area contributed by atoms with Crippen molar-refractivity contribution in [1.29, 1.82) is 0 Å². The second kappa shape index (κ2) is 4.70. The van der Waals surface area contributed by atoms with E-state index in [9.17, 15) is 0 Å². The summed E-state index contributed by atoms with van der Waals surface area (Å²) in [4.78, 5) is 7.34. The van der Waals surface area contributed by atoms with Crippen molar-refractivity contribution in [2.75, 3.05) is 6.79 Å². The van der Waals surface area contributed by atoms with Crippen molar-refractivity contribution in [3.63, 3.8) is 0 Å². The molecule has 0 saturated heterocycles. The molecule has 0 spiro atoms. The second-order valence-electron chi connectivity index (χ2n) is 4.25. The van der Waals surface area contributed by atoms with E-state index < -0.39 is 0 Å². The number of aryl methyl sites for hydroxylation is 1. The van der Waals surface area contributed by atoms with Crippen LogP contribution in [0.3, 0.4) is 0 Å². The highest BCUT2D eigenvalue weighted by Crippen LogP contribution is 2.35. The third-order valence-corrected chi connectivity index (χ3v) is 2.86. The van der Waals surface area contributed by atoms with E-state index in [0.29, 0.717) is 6.79 Å². The van der Waals surface area contributed by atoms with Crippen LogP contribution in [-0.4, -0.2) is 16.8 Å². The molecule has 94 valence electrons. The predicted molar refractivity (Wildman–Crippen MR) is 66.4 cm³/mol. The highest BCUT2D eigenvalue weighted by Gasteiger charge is 2.16. The molecule has 1 aromatic heterocycles. The second-order valence-corrected chi connectivity index (χ2v) is 4.25. The number of aromatic amines is 1. The summed E-state index contributed by atoms with van der Waals surface area (Å²) in [5.41, 5.74) is 2.19. The number of nitrogens with zero attached hydrogens (tertiary/aromatic N) is 1. The van der Waals surface area contributed by atoms with Crippen LogP contribution in [-0.2, 0) is 13.1 Å². The number of H-pyrrole nitrogens is 1. The summed E-state index contributed by atoms with van der Waals surface area (Å²) >= 11 is 0. The number of imidazole rings is 1. The average molecular weight is 245 g/mol. The van der Waals surface area contributed by atoms with Crippen LogP contribution in [0.4, 0.5) is 0 Å². The maximum Gasteiger partial charge on any atom is 0.231 e. The smallest absolute Gasteiger partial charge is 0.231 e. The summed E-state index contributed by atoms with van der Waals surface area (Å²) < 4.78 is 10.8. The molecule has 5 nitrogen and oxygen atoms in total. The summed E-state index contributed by atoms with van der Waals surface area (Å²) in [5, 5.41) is 3.35. The number of para-hydroxylation sites is 1. The monoisotopic (exact) mass is 245 g/mol. The molecule has 0 atom stereocenters. The van der Waals surface area contributed by atoms with E-state index in [1.165, 1.54) is 0 Å². The van der Waals surface area contributed by atoms with Crippen LogP contribution >= 0.6 is 0 Å². The zero-order chi connectivity index (χ0) is 12.4. The lowest BCUT2D eigenvalue weighted by Gasteiger charge is -2.06. The Morgan fingerprint density at radius 3 is 3.11 bits per heavy atom. The van der Waals surface area contributed by atoms with Gasteiger partial charge in [-0.2, -0.15) is 0 Å². The minimum atomic E-state index is 0.312. The number of fused-ring (bicyclic) bond motifs is 1. The summed E-state index contributed by atoms with van der Waals surface area (Å²) in [5.74, 6) is 2.61. The van der Waals surface area contributed by atoms with Crippen molar-refractivity contribution in [3.05, 3.63) is 41.5 Å². The zero-order valence-corrected chi connectivity index (χ0v) is 10.2. The molecule has 1 aliphatic rings. The predicted octanol–water partition coefficient (Wildman–Crippen LogP) is 1.74. The number of hydrogen-bond acceptors (Lipinski definition) is 4. The standard InChI is InChI=1S/C13H15N3O2/c1-9-15-7-11(16-9)6-14-5-10-3-2-4-12-13(10)18-8-17-12/h2-4,7,14H,5-6,8H2,1H3,(H,15,16). The lowest BCUT2D eigenvalue weighted by atomic mass is 10.2. The topological polar surface area (TPSA) is 59.2 Å². The number of nitrogens with one attached hydrogen (secondary N) is 2. The molecule has 0 unspecified atom stereocenters. The number of rotatable bonds is 4. The molecule has 0 saturated carbocycles. The van der Waals surface area contributed by atoms with Gasteiger partial charge in [-0.05, 0) is 13.0 Å². The molecule has 3 rings (SSSR count).